The Balaban J connectivity index is 1.68. The summed E-state index contributed by atoms with van der Waals surface area (Å²) in [6, 6.07) is 8.66. The summed E-state index contributed by atoms with van der Waals surface area (Å²) in [5.41, 5.74) is 4.41. The first-order chi connectivity index (χ1) is 11.6. The van der Waals surface area contributed by atoms with Crippen molar-refractivity contribution >= 4 is 5.69 Å². The van der Waals surface area contributed by atoms with Crippen LogP contribution in [0, 0.1) is 12.8 Å². The zero-order chi connectivity index (χ0) is 16.7. The molecule has 1 aliphatic carbocycles. The van der Waals surface area contributed by atoms with Crippen molar-refractivity contribution in [1.29, 1.82) is 0 Å². The Bertz CT molecular complexity index is 863. The molecule has 0 spiro atoms. The maximum absolute atomic E-state index is 4.29. The van der Waals surface area contributed by atoms with E-state index in [4.69, 9.17) is 0 Å². The first-order valence-electron chi connectivity index (χ1n) is 8.23. The molecule has 0 amide bonds. The Labute approximate surface area is 140 Å². The number of hydrogen-bond donors (Lipinski definition) is 1. The molecule has 0 unspecified atom stereocenters. The largest absolute Gasteiger partial charge is 0.379 e. The minimum atomic E-state index is 0.417. The van der Waals surface area contributed by atoms with Gasteiger partial charge in [-0.1, -0.05) is 19.1 Å². The zero-order valence-electron chi connectivity index (χ0n) is 14.1. The van der Waals surface area contributed by atoms with Crippen molar-refractivity contribution in [2.24, 2.45) is 13.0 Å². The molecule has 1 saturated carbocycles. The maximum Gasteiger partial charge on any atom is 0.184 e. The third kappa shape index (κ3) is 2.55. The van der Waals surface area contributed by atoms with Gasteiger partial charge < -0.3 is 5.32 Å². The van der Waals surface area contributed by atoms with Crippen LogP contribution >= 0.6 is 0 Å². The van der Waals surface area contributed by atoms with Crippen LogP contribution in [0.25, 0.3) is 11.4 Å². The second kappa shape index (κ2) is 5.74. The van der Waals surface area contributed by atoms with Gasteiger partial charge in [0.1, 0.15) is 0 Å². The molecule has 2 heterocycles. The molecule has 1 N–H and O–H groups in total. The van der Waals surface area contributed by atoms with E-state index in [9.17, 15) is 0 Å². The normalized spacial score (nSPS) is 19.5. The number of nitrogens with zero attached hydrogens (tertiary/aromatic N) is 6. The lowest BCUT2D eigenvalue weighted by Crippen LogP contribution is -2.09. The van der Waals surface area contributed by atoms with Crippen molar-refractivity contribution in [3.05, 3.63) is 41.7 Å². The molecule has 3 aromatic rings. The molecule has 124 valence electrons. The summed E-state index contributed by atoms with van der Waals surface area (Å²) < 4.78 is 3.84. The molecule has 0 bridgehead atoms. The van der Waals surface area contributed by atoms with Gasteiger partial charge in [0.2, 0.25) is 0 Å². The average molecular weight is 323 g/mol. The van der Waals surface area contributed by atoms with Crippen LogP contribution in [0.1, 0.15) is 30.6 Å². The Morgan fingerprint density at radius 1 is 1.29 bits per heavy atom. The molecule has 0 aliphatic heterocycles. The van der Waals surface area contributed by atoms with Gasteiger partial charge >= 0.3 is 0 Å². The Kier molecular flexibility index (Phi) is 3.55. The van der Waals surface area contributed by atoms with E-state index in [2.05, 4.69) is 58.0 Å². The lowest BCUT2D eigenvalue weighted by Gasteiger charge is -2.15. The number of para-hydroxylation sites is 1. The van der Waals surface area contributed by atoms with Gasteiger partial charge in [-0.05, 0) is 47.4 Å². The first-order valence-corrected chi connectivity index (χ1v) is 8.23. The van der Waals surface area contributed by atoms with Crippen LogP contribution in [0.15, 0.2) is 30.5 Å². The monoisotopic (exact) mass is 323 g/mol. The summed E-state index contributed by atoms with van der Waals surface area (Å²) in [5.74, 6) is 1.48. The first kappa shape index (κ1) is 14.9. The van der Waals surface area contributed by atoms with E-state index >= 15 is 0 Å². The summed E-state index contributed by atoms with van der Waals surface area (Å²) in [6.45, 7) is 5.03. The Morgan fingerprint density at radius 2 is 2.12 bits per heavy atom. The number of nitrogens with one attached hydrogen (secondary N) is 1. The quantitative estimate of drug-likeness (QED) is 0.781. The highest BCUT2D eigenvalue weighted by Crippen LogP contribution is 2.44. The van der Waals surface area contributed by atoms with Gasteiger partial charge in [-0.2, -0.15) is 5.10 Å². The maximum atomic E-state index is 4.29. The molecule has 1 fully saturated rings. The SMILES string of the molecule is Cc1cccc(-c2nnnn2[C@@H]2C[C@H]2C)c1NCc1ccnn1C. The highest BCUT2D eigenvalue weighted by atomic mass is 15.6. The summed E-state index contributed by atoms with van der Waals surface area (Å²) in [7, 11) is 1.95. The fourth-order valence-electron chi connectivity index (χ4n) is 3.08. The summed E-state index contributed by atoms with van der Waals surface area (Å²) >= 11 is 0. The van der Waals surface area contributed by atoms with Crippen molar-refractivity contribution in [1.82, 2.24) is 30.0 Å². The van der Waals surface area contributed by atoms with Crippen LogP contribution in [0.5, 0.6) is 0 Å². The predicted molar refractivity (Wildman–Crippen MR) is 91.3 cm³/mol. The lowest BCUT2D eigenvalue weighted by molar-refractivity contribution is 0.584. The van der Waals surface area contributed by atoms with Crippen molar-refractivity contribution in [2.45, 2.75) is 32.9 Å². The van der Waals surface area contributed by atoms with Crippen molar-refractivity contribution < 1.29 is 0 Å². The summed E-state index contributed by atoms with van der Waals surface area (Å²) in [4.78, 5) is 0. The van der Waals surface area contributed by atoms with Gasteiger partial charge in [0.05, 0.1) is 18.3 Å². The van der Waals surface area contributed by atoms with Crippen LogP contribution in [-0.2, 0) is 13.6 Å². The van der Waals surface area contributed by atoms with Crippen molar-refractivity contribution in [2.75, 3.05) is 5.32 Å². The van der Waals surface area contributed by atoms with Crippen LogP contribution in [0.3, 0.4) is 0 Å². The third-order valence-electron chi connectivity index (χ3n) is 4.76. The van der Waals surface area contributed by atoms with Gasteiger partial charge in [-0.3, -0.25) is 4.68 Å². The highest BCUT2D eigenvalue weighted by Gasteiger charge is 2.37. The number of aromatic nitrogens is 6. The zero-order valence-corrected chi connectivity index (χ0v) is 14.1. The Morgan fingerprint density at radius 3 is 2.83 bits per heavy atom. The minimum Gasteiger partial charge on any atom is -0.379 e. The highest BCUT2D eigenvalue weighted by molar-refractivity contribution is 5.76. The molecular weight excluding hydrogens is 302 g/mol. The van der Waals surface area contributed by atoms with Gasteiger partial charge in [0.15, 0.2) is 5.82 Å². The molecular formula is C17H21N7. The number of rotatable bonds is 5. The molecule has 1 aliphatic rings. The van der Waals surface area contributed by atoms with Crippen LogP contribution in [0.4, 0.5) is 5.69 Å². The second-order valence-electron chi connectivity index (χ2n) is 6.52. The van der Waals surface area contributed by atoms with E-state index in [1.807, 2.05) is 28.7 Å². The fourth-order valence-corrected chi connectivity index (χ4v) is 3.08. The topological polar surface area (TPSA) is 73.5 Å². The van der Waals surface area contributed by atoms with Gasteiger partial charge in [-0.15, -0.1) is 5.10 Å². The van der Waals surface area contributed by atoms with Crippen LogP contribution in [0.2, 0.25) is 0 Å². The minimum absolute atomic E-state index is 0.417. The number of tetrazole rings is 1. The number of hydrogen-bond acceptors (Lipinski definition) is 5. The lowest BCUT2D eigenvalue weighted by atomic mass is 10.1. The van der Waals surface area contributed by atoms with Gasteiger partial charge in [0.25, 0.3) is 0 Å². The molecule has 4 rings (SSSR count). The van der Waals surface area contributed by atoms with E-state index in [0.717, 1.165) is 29.2 Å². The van der Waals surface area contributed by atoms with E-state index in [1.165, 1.54) is 5.56 Å². The van der Waals surface area contributed by atoms with Gasteiger partial charge in [-0.25, -0.2) is 4.68 Å². The van der Waals surface area contributed by atoms with E-state index in [0.29, 0.717) is 18.5 Å². The molecule has 7 heteroatoms. The number of benzene rings is 1. The molecule has 0 saturated heterocycles. The number of anilines is 1. The van der Waals surface area contributed by atoms with Crippen molar-refractivity contribution in [3.63, 3.8) is 0 Å². The molecule has 7 nitrogen and oxygen atoms in total. The molecule has 0 radical (unpaired) electrons. The molecule has 2 atom stereocenters. The standard InChI is InChI=1S/C17H21N7/c1-11-5-4-6-14(16(11)18-10-13-7-8-19-23(13)3)17-20-21-22-24(17)15-9-12(15)2/h4-8,12,15,18H,9-10H2,1-3H3/t12-,15-/m1/s1. The van der Waals surface area contributed by atoms with E-state index < -0.39 is 0 Å². The predicted octanol–water partition coefficient (Wildman–Crippen LogP) is 2.58. The molecule has 2 aromatic heterocycles. The average Bonchev–Trinajstić information content (AvgIpc) is 2.97. The molecule has 24 heavy (non-hydrogen) atoms. The van der Waals surface area contributed by atoms with Crippen molar-refractivity contribution in [3.8, 4) is 11.4 Å². The summed E-state index contributed by atoms with van der Waals surface area (Å²) in [5, 5.41) is 20.2. The van der Waals surface area contributed by atoms with Gasteiger partial charge in [0, 0.05) is 24.5 Å². The van der Waals surface area contributed by atoms with E-state index in [-0.39, 0.29) is 0 Å². The molecule has 1 aromatic carbocycles. The second-order valence-corrected chi connectivity index (χ2v) is 6.52. The smallest absolute Gasteiger partial charge is 0.184 e. The summed E-state index contributed by atoms with van der Waals surface area (Å²) in [6.07, 6.45) is 2.95. The van der Waals surface area contributed by atoms with E-state index in [1.54, 1.807) is 0 Å². The number of aryl methyl sites for hydroxylation is 2. The third-order valence-corrected chi connectivity index (χ3v) is 4.76. The Hall–Kier alpha value is -2.70. The fraction of sp³-hybridized carbons (Fsp3) is 0.412. The van der Waals surface area contributed by atoms with Crippen LogP contribution in [-0.4, -0.2) is 30.0 Å². The van der Waals surface area contributed by atoms with Crippen LogP contribution < -0.4 is 5.32 Å².